The molecule has 4 atom stereocenters. The van der Waals surface area contributed by atoms with Gasteiger partial charge in [-0.05, 0) is 35.6 Å². The van der Waals surface area contributed by atoms with Gasteiger partial charge < -0.3 is 20.6 Å². The minimum atomic E-state index is -2.04. The monoisotopic (exact) mass is 367 g/mol. The van der Waals surface area contributed by atoms with Gasteiger partial charge in [-0.15, -0.1) is 0 Å². The summed E-state index contributed by atoms with van der Waals surface area (Å²) < 4.78 is 13.3. The van der Waals surface area contributed by atoms with E-state index in [0.717, 1.165) is 13.1 Å². The molecule has 1 saturated carbocycles. The maximum atomic E-state index is 13.3. The molecule has 4 rings (SSSR count). The minimum absolute atomic E-state index is 0.00942. The zero-order chi connectivity index (χ0) is 17.8. The van der Waals surface area contributed by atoms with E-state index in [4.69, 9.17) is 11.6 Å². The summed E-state index contributed by atoms with van der Waals surface area (Å²) in [6.07, 6.45) is 0.0743. The van der Waals surface area contributed by atoms with Crippen molar-refractivity contribution in [3.05, 3.63) is 34.6 Å². The molecule has 2 amide bonds. The number of nitrogens with zero attached hydrogens (tertiary/aromatic N) is 1. The second-order valence-corrected chi connectivity index (χ2v) is 7.48. The van der Waals surface area contributed by atoms with Gasteiger partial charge in [0.25, 0.3) is 11.8 Å². The average Bonchev–Trinajstić information content (AvgIpc) is 2.90. The van der Waals surface area contributed by atoms with Crippen LogP contribution >= 0.6 is 11.6 Å². The van der Waals surface area contributed by atoms with Crippen molar-refractivity contribution in [1.82, 2.24) is 15.5 Å². The molecule has 0 aromatic heterocycles. The Kier molecular flexibility index (Phi) is 3.97. The van der Waals surface area contributed by atoms with E-state index < -0.39 is 23.2 Å². The number of halogens is 2. The largest absolute Gasteiger partial charge is 0.372 e. The van der Waals surface area contributed by atoms with Gasteiger partial charge in [-0.3, -0.25) is 9.59 Å². The molecule has 0 bridgehead atoms. The first kappa shape index (κ1) is 16.8. The summed E-state index contributed by atoms with van der Waals surface area (Å²) in [5.74, 6) is -0.911. The molecule has 1 aromatic carbocycles. The second kappa shape index (κ2) is 5.93. The van der Waals surface area contributed by atoms with E-state index in [2.05, 4.69) is 10.6 Å². The Morgan fingerprint density at radius 2 is 2.12 bits per heavy atom. The molecule has 25 heavy (non-hydrogen) atoms. The molecule has 3 N–H and O–H groups in total. The van der Waals surface area contributed by atoms with E-state index in [1.54, 1.807) is 4.90 Å². The van der Waals surface area contributed by atoms with Crippen LogP contribution in [0.4, 0.5) is 4.39 Å². The Bertz CT molecular complexity index is 716. The number of carbonyl (C=O) groups is 2. The number of aliphatic hydroxyl groups is 1. The Morgan fingerprint density at radius 1 is 1.40 bits per heavy atom. The van der Waals surface area contributed by atoms with Gasteiger partial charge in [-0.25, -0.2) is 4.39 Å². The smallest absolute Gasteiger partial charge is 0.264 e. The molecule has 3 aliphatic rings. The lowest BCUT2D eigenvalue weighted by molar-refractivity contribution is -0.154. The van der Waals surface area contributed by atoms with Crippen molar-refractivity contribution in [1.29, 1.82) is 0 Å². The lowest BCUT2D eigenvalue weighted by Gasteiger charge is -2.23. The van der Waals surface area contributed by atoms with E-state index in [9.17, 15) is 19.1 Å². The summed E-state index contributed by atoms with van der Waals surface area (Å²) in [6, 6.07) is 4.07. The van der Waals surface area contributed by atoms with Crippen LogP contribution in [0.1, 0.15) is 12.0 Å². The number of hydrogen-bond donors (Lipinski definition) is 3. The van der Waals surface area contributed by atoms with Crippen molar-refractivity contribution >= 4 is 23.4 Å². The van der Waals surface area contributed by atoms with Crippen LogP contribution < -0.4 is 10.6 Å². The van der Waals surface area contributed by atoms with E-state index >= 15 is 0 Å². The summed E-state index contributed by atoms with van der Waals surface area (Å²) in [6.45, 7) is 2.13. The number of benzene rings is 1. The average molecular weight is 368 g/mol. The number of hydrogen-bond acceptors (Lipinski definition) is 4. The highest BCUT2D eigenvalue weighted by atomic mass is 35.5. The first-order valence-corrected chi connectivity index (χ1v) is 8.75. The van der Waals surface area contributed by atoms with Crippen LogP contribution in [0.25, 0.3) is 0 Å². The van der Waals surface area contributed by atoms with Crippen molar-refractivity contribution in [2.45, 2.75) is 24.6 Å². The molecule has 0 spiro atoms. The van der Waals surface area contributed by atoms with Crippen LogP contribution in [0.3, 0.4) is 0 Å². The topological polar surface area (TPSA) is 81.7 Å². The quantitative estimate of drug-likeness (QED) is 0.668. The zero-order valence-electron chi connectivity index (χ0n) is 13.5. The van der Waals surface area contributed by atoms with Crippen LogP contribution in [0.15, 0.2) is 18.2 Å². The van der Waals surface area contributed by atoms with Crippen molar-refractivity contribution in [2.75, 3.05) is 19.6 Å². The molecule has 2 saturated heterocycles. The highest BCUT2D eigenvalue weighted by molar-refractivity contribution is 6.30. The lowest BCUT2D eigenvalue weighted by atomic mass is 10.0. The Balaban J connectivity index is 1.40. The molecule has 134 valence electrons. The van der Waals surface area contributed by atoms with Crippen LogP contribution in [-0.2, 0) is 16.1 Å². The fourth-order valence-electron chi connectivity index (χ4n) is 4.11. The fourth-order valence-corrected chi connectivity index (χ4v) is 4.36. The van der Waals surface area contributed by atoms with E-state index in [1.165, 1.54) is 18.2 Å². The molecule has 2 heterocycles. The molecule has 1 aliphatic carbocycles. The van der Waals surface area contributed by atoms with Gasteiger partial charge >= 0.3 is 0 Å². The van der Waals surface area contributed by atoms with Gasteiger partial charge in [0.1, 0.15) is 5.82 Å². The lowest BCUT2D eigenvalue weighted by Crippen LogP contribution is -2.53. The number of amides is 2. The molecule has 3 fully saturated rings. The fraction of sp³-hybridized carbons (Fsp3) is 0.529. The molecule has 2 aliphatic heterocycles. The molecule has 6 nitrogen and oxygen atoms in total. The van der Waals surface area contributed by atoms with Gasteiger partial charge in [-0.1, -0.05) is 11.6 Å². The maximum Gasteiger partial charge on any atom is 0.264 e. The summed E-state index contributed by atoms with van der Waals surface area (Å²) in [5.41, 5.74) is -1.58. The van der Waals surface area contributed by atoms with Crippen LogP contribution in [0.2, 0.25) is 5.02 Å². The molecule has 0 radical (unpaired) electrons. The summed E-state index contributed by atoms with van der Waals surface area (Å²) >= 11 is 5.78. The molecular formula is C17H19ClFN3O3. The third-order valence-electron chi connectivity index (χ3n) is 5.49. The van der Waals surface area contributed by atoms with Crippen molar-refractivity contribution < 1.29 is 19.1 Å². The highest BCUT2D eigenvalue weighted by Gasteiger charge is 2.62. The molecule has 8 heteroatoms. The van der Waals surface area contributed by atoms with Gasteiger partial charge in [0.05, 0.1) is 0 Å². The summed E-state index contributed by atoms with van der Waals surface area (Å²) in [5, 5.41) is 16.6. The zero-order valence-corrected chi connectivity index (χ0v) is 14.2. The number of nitrogens with one attached hydrogen (secondary N) is 2. The number of piperidine rings is 1. The van der Waals surface area contributed by atoms with Gasteiger partial charge in [0.15, 0.2) is 0 Å². The van der Waals surface area contributed by atoms with Crippen molar-refractivity contribution in [2.24, 2.45) is 11.8 Å². The Labute approximate surface area is 149 Å². The molecule has 1 aromatic rings. The van der Waals surface area contributed by atoms with Crippen molar-refractivity contribution in [3.8, 4) is 0 Å². The van der Waals surface area contributed by atoms with E-state index in [-0.39, 0.29) is 24.0 Å². The van der Waals surface area contributed by atoms with Crippen molar-refractivity contribution in [3.63, 3.8) is 0 Å². The minimum Gasteiger partial charge on any atom is -0.372 e. The maximum absolute atomic E-state index is 13.3. The number of rotatable bonds is 4. The SMILES string of the molecule is O=C(NCc1cc(F)cc(Cl)c1)C1(O)CCN([C@H]2[C@@H]3CNC[C@@H]32)C1=O. The van der Waals surface area contributed by atoms with Gasteiger partial charge in [0, 0.05) is 43.7 Å². The van der Waals surface area contributed by atoms with Crippen LogP contribution in [-0.4, -0.2) is 53.1 Å². The first-order valence-electron chi connectivity index (χ1n) is 8.37. The number of likely N-dealkylation sites (tertiary alicyclic amines) is 1. The van der Waals surface area contributed by atoms with Gasteiger partial charge in [0.2, 0.25) is 5.60 Å². The van der Waals surface area contributed by atoms with Gasteiger partial charge in [-0.2, -0.15) is 0 Å². The Morgan fingerprint density at radius 3 is 2.80 bits per heavy atom. The summed E-state index contributed by atoms with van der Waals surface area (Å²) in [4.78, 5) is 26.7. The summed E-state index contributed by atoms with van der Waals surface area (Å²) in [7, 11) is 0. The molecular weight excluding hydrogens is 349 g/mol. The van der Waals surface area contributed by atoms with Crippen LogP contribution in [0, 0.1) is 17.7 Å². The number of fused-ring (bicyclic) bond motifs is 1. The second-order valence-electron chi connectivity index (χ2n) is 7.05. The molecule has 1 unspecified atom stereocenters. The predicted molar refractivity (Wildman–Crippen MR) is 88.2 cm³/mol. The first-order chi connectivity index (χ1) is 11.9. The normalized spacial score (nSPS) is 33.5. The third kappa shape index (κ3) is 2.80. The standard InChI is InChI=1S/C17H19ClFN3O3/c18-10-3-9(4-11(19)5-10)6-21-15(23)17(25)1-2-22(16(17)24)14-12-7-20-8-13(12)14/h3-5,12-14,20,25H,1-2,6-8H2,(H,21,23)/t12-,13+,14+,17?. The highest BCUT2D eigenvalue weighted by Crippen LogP contribution is 2.48. The Hall–Kier alpha value is -1.70. The predicted octanol–water partition coefficient (Wildman–Crippen LogP) is 0.276. The van der Waals surface area contributed by atoms with E-state index in [0.29, 0.717) is 23.9 Å². The number of carbonyl (C=O) groups excluding carboxylic acids is 2. The van der Waals surface area contributed by atoms with Crippen LogP contribution in [0.5, 0.6) is 0 Å². The third-order valence-corrected chi connectivity index (χ3v) is 5.70. The van der Waals surface area contributed by atoms with E-state index in [1.807, 2.05) is 0 Å².